The molecule has 0 fully saturated rings. The molecule has 106 valence electrons. The van der Waals surface area contributed by atoms with E-state index in [-0.39, 0.29) is 6.04 Å². The molecule has 2 aromatic rings. The highest BCUT2D eigenvalue weighted by molar-refractivity contribution is 5.77. The molecular weight excluding hydrogens is 258 g/mol. The number of pyridine rings is 1. The molecule has 21 heavy (non-hydrogen) atoms. The maximum Gasteiger partial charge on any atom is 0.0897 e. The predicted octanol–water partition coefficient (Wildman–Crippen LogP) is 3.71. The van der Waals surface area contributed by atoms with E-state index >= 15 is 0 Å². The fourth-order valence-electron chi connectivity index (χ4n) is 2.70. The van der Waals surface area contributed by atoms with E-state index in [0.717, 1.165) is 11.4 Å². The predicted molar refractivity (Wildman–Crippen MR) is 87.8 cm³/mol. The SMILES string of the molecule is CNc1ccccc1C1=CC=CC(c2ccccn2)N1C. The van der Waals surface area contributed by atoms with Crippen LogP contribution >= 0.6 is 0 Å². The number of benzene rings is 1. The summed E-state index contributed by atoms with van der Waals surface area (Å²) < 4.78 is 0. The summed E-state index contributed by atoms with van der Waals surface area (Å²) in [5.41, 5.74) is 4.58. The largest absolute Gasteiger partial charge is 0.388 e. The van der Waals surface area contributed by atoms with Gasteiger partial charge in [-0.05, 0) is 24.3 Å². The van der Waals surface area contributed by atoms with Crippen LogP contribution in [0.15, 0.2) is 66.9 Å². The molecule has 0 saturated heterocycles. The van der Waals surface area contributed by atoms with E-state index in [0.29, 0.717) is 0 Å². The number of likely N-dealkylation sites (N-methyl/N-ethyl adjacent to an activating group) is 1. The number of aromatic nitrogens is 1. The smallest absolute Gasteiger partial charge is 0.0897 e. The van der Waals surface area contributed by atoms with Gasteiger partial charge in [0.15, 0.2) is 0 Å². The van der Waals surface area contributed by atoms with Gasteiger partial charge in [-0.2, -0.15) is 0 Å². The van der Waals surface area contributed by atoms with Crippen molar-refractivity contribution >= 4 is 11.4 Å². The third-order valence-corrected chi connectivity index (χ3v) is 3.81. The van der Waals surface area contributed by atoms with Crippen molar-refractivity contribution in [1.29, 1.82) is 0 Å². The van der Waals surface area contributed by atoms with E-state index < -0.39 is 0 Å². The lowest BCUT2D eigenvalue weighted by Gasteiger charge is -2.32. The molecule has 1 aliphatic heterocycles. The topological polar surface area (TPSA) is 28.2 Å². The van der Waals surface area contributed by atoms with Crippen molar-refractivity contribution in [1.82, 2.24) is 9.88 Å². The van der Waals surface area contributed by atoms with Gasteiger partial charge in [-0.25, -0.2) is 0 Å². The normalized spacial score (nSPS) is 17.5. The molecule has 3 nitrogen and oxygen atoms in total. The minimum atomic E-state index is 0.163. The Balaban J connectivity index is 1.98. The van der Waals surface area contributed by atoms with Crippen molar-refractivity contribution in [2.45, 2.75) is 6.04 Å². The van der Waals surface area contributed by atoms with Crippen molar-refractivity contribution < 1.29 is 0 Å². The first-order valence-corrected chi connectivity index (χ1v) is 7.10. The van der Waals surface area contributed by atoms with Crippen LogP contribution in [0.25, 0.3) is 5.70 Å². The molecule has 0 radical (unpaired) electrons. The van der Waals surface area contributed by atoms with Gasteiger partial charge in [-0.3, -0.25) is 4.98 Å². The summed E-state index contributed by atoms with van der Waals surface area (Å²) in [7, 11) is 4.06. The Morgan fingerprint density at radius 1 is 1.10 bits per heavy atom. The van der Waals surface area contributed by atoms with Crippen LogP contribution in [0, 0.1) is 0 Å². The molecule has 0 saturated carbocycles. The highest BCUT2D eigenvalue weighted by Crippen LogP contribution is 2.34. The molecule has 1 atom stereocenters. The van der Waals surface area contributed by atoms with Crippen molar-refractivity contribution in [2.24, 2.45) is 0 Å². The first-order chi connectivity index (χ1) is 10.3. The van der Waals surface area contributed by atoms with Gasteiger partial charge in [0.1, 0.15) is 0 Å². The third-order valence-electron chi connectivity index (χ3n) is 3.81. The minimum Gasteiger partial charge on any atom is -0.388 e. The van der Waals surface area contributed by atoms with E-state index in [1.807, 2.05) is 31.4 Å². The Morgan fingerprint density at radius 2 is 1.90 bits per heavy atom. The van der Waals surface area contributed by atoms with Gasteiger partial charge in [0, 0.05) is 37.2 Å². The minimum absolute atomic E-state index is 0.163. The number of rotatable bonds is 3. The second-order valence-electron chi connectivity index (χ2n) is 5.04. The maximum absolute atomic E-state index is 4.49. The standard InChI is InChI=1S/C18H19N3/c1-19-15-9-4-3-8-14(15)17-11-7-12-18(21(17)2)16-10-5-6-13-20-16/h3-13,18-19H,1-2H3. The van der Waals surface area contributed by atoms with Gasteiger partial charge >= 0.3 is 0 Å². The summed E-state index contributed by atoms with van der Waals surface area (Å²) in [4.78, 5) is 6.75. The molecule has 2 heterocycles. The zero-order valence-electron chi connectivity index (χ0n) is 12.3. The van der Waals surface area contributed by atoms with Crippen LogP contribution in [0.2, 0.25) is 0 Å². The summed E-state index contributed by atoms with van der Waals surface area (Å²) in [5.74, 6) is 0. The number of nitrogens with one attached hydrogen (secondary N) is 1. The third kappa shape index (κ3) is 2.55. The van der Waals surface area contributed by atoms with Crippen molar-refractivity contribution in [3.05, 3.63) is 78.1 Å². The number of hydrogen-bond acceptors (Lipinski definition) is 3. The summed E-state index contributed by atoms with van der Waals surface area (Å²) >= 11 is 0. The Kier molecular flexibility index (Phi) is 3.73. The average molecular weight is 277 g/mol. The summed E-state index contributed by atoms with van der Waals surface area (Å²) in [6.45, 7) is 0. The lowest BCUT2D eigenvalue weighted by atomic mass is 10.0. The van der Waals surface area contributed by atoms with Gasteiger partial charge in [0.25, 0.3) is 0 Å². The monoisotopic (exact) mass is 277 g/mol. The van der Waals surface area contributed by atoms with E-state index in [1.165, 1.54) is 11.3 Å². The summed E-state index contributed by atoms with van der Waals surface area (Å²) in [5, 5.41) is 3.26. The Hall–Kier alpha value is -2.55. The fourth-order valence-corrected chi connectivity index (χ4v) is 2.70. The average Bonchev–Trinajstić information content (AvgIpc) is 2.56. The van der Waals surface area contributed by atoms with Crippen LogP contribution in [0.5, 0.6) is 0 Å². The van der Waals surface area contributed by atoms with Gasteiger partial charge < -0.3 is 10.2 Å². The lowest BCUT2D eigenvalue weighted by molar-refractivity contribution is 0.405. The molecule has 0 aliphatic carbocycles. The van der Waals surface area contributed by atoms with Gasteiger partial charge in [-0.15, -0.1) is 0 Å². The van der Waals surface area contributed by atoms with Crippen LogP contribution < -0.4 is 5.32 Å². The van der Waals surface area contributed by atoms with E-state index in [1.54, 1.807) is 0 Å². The highest BCUT2D eigenvalue weighted by Gasteiger charge is 2.22. The van der Waals surface area contributed by atoms with Crippen LogP contribution in [-0.4, -0.2) is 24.0 Å². The molecule has 1 aliphatic rings. The maximum atomic E-state index is 4.49. The molecule has 1 N–H and O–H groups in total. The van der Waals surface area contributed by atoms with E-state index in [4.69, 9.17) is 0 Å². The van der Waals surface area contributed by atoms with Crippen molar-refractivity contribution in [3.8, 4) is 0 Å². The van der Waals surface area contributed by atoms with Gasteiger partial charge in [0.05, 0.1) is 11.7 Å². The second-order valence-corrected chi connectivity index (χ2v) is 5.04. The van der Waals surface area contributed by atoms with E-state index in [2.05, 4.69) is 64.7 Å². The first-order valence-electron chi connectivity index (χ1n) is 7.10. The molecule has 1 aromatic carbocycles. The second kappa shape index (κ2) is 5.83. The van der Waals surface area contributed by atoms with Crippen LogP contribution in [0.3, 0.4) is 0 Å². The molecule has 3 rings (SSSR count). The molecule has 0 amide bonds. The molecule has 1 unspecified atom stereocenters. The molecule has 0 bridgehead atoms. The van der Waals surface area contributed by atoms with Crippen LogP contribution in [-0.2, 0) is 0 Å². The van der Waals surface area contributed by atoms with E-state index in [9.17, 15) is 0 Å². The van der Waals surface area contributed by atoms with Crippen molar-refractivity contribution in [3.63, 3.8) is 0 Å². The number of para-hydroxylation sites is 1. The van der Waals surface area contributed by atoms with Crippen LogP contribution in [0.1, 0.15) is 17.3 Å². The molecule has 1 aromatic heterocycles. The fraction of sp³-hybridized carbons (Fsp3) is 0.167. The van der Waals surface area contributed by atoms with Gasteiger partial charge in [-0.1, -0.05) is 36.4 Å². The zero-order valence-corrected chi connectivity index (χ0v) is 12.3. The Morgan fingerprint density at radius 3 is 2.67 bits per heavy atom. The van der Waals surface area contributed by atoms with Crippen molar-refractivity contribution in [2.75, 3.05) is 19.4 Å². The number of hydrogen-bond donors (Lipinski definition) is 1. The molecule has 3 heteroatoms. The molecular formula is C18H19N3. The Bertz CT molecular complexity index is 674. The number of anilines is 1. The van der Waals surface area contributed by atoms with Gasteiger partial charge in [0.2, 0.25) is 0 Å². The summed E-state index contributed by atoms with van der Waals surface area (Å²) in [6, 6.07) is 14.6. The number of nitrogens with zero attached hydrogens (tertiary/aromatic N) is 2. The van der Waals surface area contributed by atoms with Crippen LogP contribution in [0.4, 0.5) is 5.69 Å². The zero-order chi connectivity index (χ0) is 14.7. The lowest BCUT2D eigenvalue weighted by Crippen LogP contribution is -2.24. The highest BCUT2D eigenvalue weighted by atomic mass is 15.2. The quantitative estimate of drug-likeness (QED) is 0.927. The Labute approximate surface area is 125 Å². The first kappa shape index (κ1) is 13.4. The molecule has 0 spiro atoms. The summed E-state index contributed by atoms with van der Waals surface area (Å²) in [6.07, 6.45) is 8.28. The number of allylic oxidation sites excluding steroid dienone is 2.